The maximum atomic E-state index is 12.4. The van der Waals surface area contributed by atoms with Crippen LogP contribution in [-0.2, 0) is 16.6 Å². The minimum atomic E-state index is -3.57. The number of nitrogens with zero attached hydrogens (tertiary/aromatic N) is 2. The molecule has 0 aliphatic carbocycles. The van der Waals surface area contributed by atoms with Crippen molar-refractivity contribution >= 4 is 26.6 Å². The average molecular weight is 315 g/mol. The Balaban J connectivity index is 1.93. The van der Waals surface area contributed by atoms with E-state index in [2.05, 4.69) is 9.82 Å². The number of rotatable bonds is 4. The zero-order valence-electron chi connectivity index (χ0n) is 12.4. The van der Waals surface area contributed by atoms with Gasteiger partial charge in [0.2, 0.25) is 0 Å². The van der Waals surface area contributed by atoms with Crippen molar-refractivity contribution in [2.45, 2.75) is 25.3 Å². The van der Waals surface area contributed by atoms with E-state index in [-0.39, 0.29) is 4.90 Å². The van der Waals surface area contributed by atoms with Crippen molar-refractivity contribution in [3.8, 4) is 0 Å². The summed E-state index contributed by atoms with van der Waals surface area (Å²) in [7, 11) is -3.57. The highest BCUT2D eigenvalue weighted by molar-refractivity contribution is 7.92. The second kappa shape index (κ2) is 5.46. The lowest BCUT2D eigenvalue weighted by molar-refractivity contribution is 0.601. The van der Waals surface area contributed by atoms with Gasteiger partial charge < -0.3 is 0 Å². The molecule has 0 unspecified atom stereocenters. The van der Waals surface area contributed by atoms with Crippen LogP contribution < -0.4 is 4.72 Å². The molecule has 0 saturated carbocycles. The van der Waals surface area contributed by atoms with E-state index in [0.29, 0.717) is 5.69 Å². The monoisotopic (exact) mass is 315 g/mol. The Morgan fingerprint density at radius 1 is 1.14 bits per heavy atom. The van der Waals surface area contributed by atoms with Crippen LogP contribution in [0.4, 0.5) is 5.69 Å². The van der Waals surface area contributed by atoms with Crippen LogP contribution in [0.15, 0.2) is 53.6 Å². The summed E-state index contributed by atoms with van der Waals surface area (Å²) in [6.07, 6.45) is 1.74. The number of aryl methyl sites for hydroxylation is 2. The number of fused-ring (bicyclic) bond motifs is 1. The van der Waals surface area contributed by atoms with Gasteiger partial charge in [0.1, 0.15) is 0 Å². The predicted molar refractivity (Wildman–Crippen MR) is 87.4 cm³/mol. The van der Waals surface area contributed by atoms with Crippen LogP contribution in [0, 0.1) is 6.92 Å². The van der Waals surface area contributed by atoms with Crippen molar-refractivity contribution in [2.75, 3.05) is 4.72 Å². The Bertz CT molecular complexity index is 912. The topological polar surface area (TPSA) is 64.0 Å². The highest BCUT2D eigenvalue weighted by atomic mass is 32.2. The average Bonchev–Trinajstić information content (AvgIpc) is 2.89. The maximum absolute atomic E-state index is 12.4. The first-order chi connectivity index (χ1) is 10.5. The van der Waals surface area contributed by atoms with Crippen LogP contribution in [0.3, 0.4) is 0 Å². The molecule has 0 fully saturated rings. The molecule has 1 aromatic heterocycles. The van der Waals surface area contributed by atoms with Crippen molar-refractivity contribution in [3.63, 3.8) is 0 Å². The Morgan fingerprint density at radius 3 is 2.55 bits per heavy atom. The lowest BCUT2D eigenvalue weighted by Crippen LogP contribution is -2.12. The molecule has 0 amide bonds. The van der Waals surface area contributed by atoms with Gasteiger partial charge in [-0.3, -0.25) is 9.40 Å². The van der Waals surface area contributed by atoms with Crippen LogP contribution in [-0.4, -0.2) is 18.2 Å². The maximum Gasteiger partial charge on any atom is 0.261 e. The third kappa shape index (κ3) is 2.69. The molecule has 0 saturated heterocycles. The normalized spacial score (nSPS) is 11.7. The molecule has 0 aliphatic heterocycles. The quantitative estimate of drug-likeness (QED) is 0.804. The summed E-state index contributed by atoms with van der Waals surface area (Å²) in [5, 5.41) is 5.17. The van der Waals surface area contributed by atoms with Crippen LogP contribution in [0.1, 0.15) is 12.5 Å². The van der Waals surface area contributed by atoms with E-state index in [1.807, 2.05) is 24.6 Å². The highest BCUT2D eigenvalue weighted by Crippen LogP contribution is 2.22. The molecule has 22 heavy (non-hydrogen) atoms. The third-order valence-corrected chi connectivity index (χ3v) is 4.92. The summed E-state index contributed by atoms with van der Waals surface area (Å²) in [5.41, 5.74) is 2.54. The molecule has 3 rings (SSSR count). The molecular formula is C16H17N3O2S. The summed E-state index contributed by atoms with van der Waals surface area (Å²) < 4.78 is 29.2. The van der Waals surface area contributed by atoms with Gasteiger partial charge in [0.05, 0.1) is 16.6 Å². The van der Waals surface area contributed by atoms with E-state index in [1.54, 1.807) is 42.6 Å². The van der Waals surface area contributed by atoms with E-state index in [1.165, 1.54) is 0 Å². The molecule has 1 heterocycles. The first-order valence-electron chi connectivity index (χ1n) is 7.04. The number of hydrogen-bond acceptors (Lipinski definition) is 3. The van der Waals surface area contributed by atoms with Gasteiger partial charge in [-0.25, -0.2) is 8.42 Å². The van der Waals surface area contributed by atoms with E-state index >= 15 is 0 Å². The largest absolute Gasteiger partial charge is 0.280 e. The minimum Gasteiger partial charge on any atom is -0.280 e. The zero-order valence-corrected chi connectivity index (χ0v) is 13.3. The standard InChI is InChI=1S/C16H17N3O2S/c1-3-19-16-9-6-14(10-13(16)11-17-19)18-22(20,21)15-7-4-12(2)5-8-15/h4-11,18H,3H2,1-2H3. The Hall–Kier alpha value is -2.34. The highest BCUT2D eigenvalue weighted by Gasteiger charge is 2.14. The second-order valence-corrected chi connectivity index (χ2v) is 6.83. The summed E-state index contributed by atoms with van der Waals surface area (Å²) >= 11 is 0. The van der Waals surface area contributed by atoms with Gasteiger partial charge in [-0.05, 0) is 44.2 Å². The fraction of sp³-hybridized carbons (Fsp3) is 0.188. The van der Waals surface area contributed by atoms with Gasteiger partial charge in [0.15, 0.2) is 0 Å². The first kappa shape index (κ1) is 14.6. The van der Waals surface area contributed by atoms with E-state index in [0.717, 1.165) is 23.0 Å². The number of nitrogens with one attached hydrogen (secondary N) is 1. The van der Waals surface area contributed by atoms with Gasteiger partial charge in [0, 0.05) is 17.6 Å². The Kier molecular flexibility index (Phi) is 3.62. The minimum absolute atomic E-state index is 0.252. The van der Waals surface area contributed by atoms with E-state index < -0.39 is 10.0 Å². The number of aromatic nitrogens is 2. The summed E-state index contributed by atoms with van der Waals surface area (Å²) in [4.78, 5) is 0.252. The second-order valence-electron chi connectivity index (χ2n) is 5.15. The summed E-state index contributed by atoms with van der Waals surface area (Å²) in [6, 6.07) is 12.2. The molecule has 0 spiro atoms. The van der Waals surface area contributed by atoms with Gasteiger partial charge in [0.25, 0.3) is 10.0 Å². The lowest BCUT2D eigenvalue weighted by atomic mass is 10.2. The molecule has 1 N–H and O–H groups in total. The summed E-state index contributed by atoms with van der Waals surface area (Å²) in [6.45, 7) is 4.71. The van der Waals surface area contributed by atoms with Crippen molar-refractivity contribution < 1.29 is 8.42 Å². The Morgan fingerprint density at radius 2 is 1.86 bits per heavy atom. The van der Waals surface area contributed by atoms with Crippen molar-refractivity contribution in [1.29, 1.82) is 0 Å². The molecular weight excluding hydrogens is 298 g/mol. The van der Waals surface area contributed by atoms with Crippen LogP contribution in [0.2, 0.25) is 0 Å². The molecule has 0 bridgehead atoms. The molecule has 3 aromatic rings. The van der Waals surface area contributed by atoms with Gasteiger partial charge in [-0.1, -0.05) is 17.7 Å². The SMILES string of the molecule is CCn1ncc2cc(NS(=O)(=O)c3ccc(C)cc3)ccc21. The Labute approximate surface area is 129 Å². The van der Waals surface area contributed by atoms with Gasteiger partial charge >= 0.3 is 0 Å². The molecule has 0 atom stereocenters. The lowest BCUT2D eigenvalue weighted by Gasteiger charge is -2.08. The third-order valence-electron chi connectivity index (χ3n) is 3.52. The number of anilines is 1. The van der Waals surface area contributed by atoms with E-state index in [9.17, 15) is 8.42 Å². The molecule has 5 nitrogen and oxygen atoms in total. The van der Waals surface area contributed by atoms with Gasteiger partial charge in [-0.2, -0.15) is 5.10 Å². The van der Waals surface area contributed by atoms with Crippen molar-refractivity contribution in [1.82, 2.24) is 9.78 Å². The number of sulfonamides is 1. The molecule has 0 aliphatic rings. The molecule has 114 valence electrons. The number of hydrogen-bond donors (Lipinski definition) is 1. The van der Waals surface area contributed by atoms with Crippen LogP contribution in [0.25, 0.3) is 10.9 Å². The molecule has 2 aromatic carbocycles. The van der Waals surface area contributed by atoms with Crippen LogP contribution in [0.5, 0.6) is 0 Å². The van der Waals surface area contributed by atoms with Crippen molar-refractivity contribution in [3.05, 3.63) is 54.2 Å². The predicted octanol–water partition coefficient (Wildman–Crippen LogP) is 3.17. The molecule has 6 heteroatoms. The van der Waals surface area contributed by atoms with Crippen molar-refractivity contribution in [2.24, 2.45) is 0 Å². The zero-order chi connectivity index (χ0) is 15.7. The molecule has 0 radical (unpaired) electrons. The fourth-order valence-electron chi connectivity index (χ4n) is 2.33. The number of benzene rings is 2. The van der Waals surface area contributed by atoms with Crippen LogP contribution >= 0.6 is 0 Å². The summed E-state index contributed by atoms with van der Waals surface area (Å²) in [5.74, 6) is 0. The van der Waals surface area contributed by atoms with Gasteiger partial charge in [-0.15, -0.1) is 0 Å². The smallest absolute Gasteiger partial charge is 0.261 e. The first-order valence-corrected chi connectivity index (χ1v) is 8.53. The fourth-order valence-corrected chi connectivity index (χ4v) is 3.38. The van der Waals surface area contributed by atoms with E-state index in [4.69, 9.17) is 0 Å².